The number of thioether (sulfide) groups is 1. The summed E-state index contributed by atoms with van der Waals surface area (Å²) in [5.41, 5.74) is 7.82. The molecule has 4 aromatic rings. The number of carbonyl (C=O) groups excluding carboxylic acids is 1. The average molecular weight is 498 g/mol. The molecule has 0 unspecified atom stereocenters. The minimum absolute atomic E-state index is 0.131. The largest absolute Gasteiger partial charge is 0.325 e. The number of hydrogen-bond donors (Lipinski definition) is 1. The third-order valence-electron chi connectivity index (χ3n) is 5.60. The minimum atomic E-state index is -0.151. The number of aryl methyl sites for hydroxylation is 3. The molecular weight excluding hydrogens is 474 g/mol. The normalized spacial score (nSPS) is 10.6. The number of amides is 1. The zero-order chi connectivity index (χ0) is 24.9. The van der Waals surface area contributed by atoms with Gasteiger partial charge in [-0.2, -0.15) is 5.26 Å². The van der Waals surface area contributed by atoms with Crippen molar-refractivity contribution in [3.63, 3.8) is 0 Å². The molecule has 0 radical (unpaired) electrons. The Kier molecular flexibility index (Phi) is 7.55. The highest BCUT2D eigenvalue weighted by atomic mass is 35.5. The van der Waals surface area contributed by atoms with E-state index in [-0.39, 0.29) is 11.7 Å². The van der Waals surface area contributed by atoms with Crippen molar-refractivity contribution < 1.29 is 4.79 Å². The van der Waals surface area contributed by atoms with Crippen LogP contribution in [0, 0.1) is 32.1 Å². The molecule has 174 valence electrons. The van der Waals surface area contributed by atoms with Crippen LogP contribution in [-0.2, 0) is 4.79 Å². The van der Waals surface area contributed by atoms with Gasteiger partial charge in [0.15, 0.2) is 0 Å². The molecule has 1 amide bonds. The molecule has 0 atom stereocenters. The standard InChI is InChI=1S/C29H24ClN3OS/c1-18-4-7-22(8-5-18)27-15-24(21-9-11-23(30)12-10-21)25(16-31)29(33-27)35-17-28(34)32-26-13-6-19(2)14-20(26)3/h4-15H,17H2,1-3H3,(H,32,34). The first-order valence-electron chi connectivity index (χ1n) is 11.1. The van der Waals surface area contributed by atoms with Crippen molar-refractivity contribution in [2.45, 2.75) is 25.8 Å². The Balaban J connectivity index is 1.69. The lowest BCUT2D eigenvalue weighted by Crippen LogP contribution is -2.15. The van der Waals surface area contributed by atoms with Crippen molar-refractivity contribution in [3.05, 3.63) is 100 Å². The highest BCUT2D eigenvalue weighted by Crippen LogP contribution is 2.35. The first-order chi connectivity index (χ1) is 16.8. The van der Waals surface area contributed by atoms with Crippen LogP contribution in [0.5, 0.6) is 0 Å². The van der Waals surface area contributed by atoms with E-state index in [1.54, 1.807) is 12.1 Å². The molecule has 35 heavy (non-hydrogen) atoms. The molecule has 1 N–H and O–H groups in total. The van der Waals surface area contributed by atoms with Gasteiger partial charge in [-0.15, -0.1) is 0 Å². The topological polar surface area (TPSA) is 65.8 Å². The third kappa shape index (κ3) is 5.92. The molecule has 0 aliphatic rings. The number of nitrogens with zero attached hydrogens (tertiary/aromatic N) is 2. The molecule has 6 heteroatoms. The van der Waals surface area contributed by atoms with Gasteiger partial charge in [0.2, 0.25) is 5.91 Å². The van der Waals surface area contributed by atoms with Crippen LogP contribution in [0.4, 0.5) is 5.69 Å². The lowest BCUT2D eigenvalue weighted by atomic mass is 9.99. The summed E-state index contributed by atoms with van der Waals surface area (Å²) in [7, 11) is 0. The first-order valence-corrected chi connectivity index (χ1v) is 12.5. The Labute approximate surface area is 215 Å². The second kappa shape index (κ2) is 10.8. The van der Waals surface area contributed by atoms with Gasteiger partial charge in [-0.3, -0.25) is 4.79 Å². The molecule has 1 aromatic heterocycles. The summed E-state index contributed by atoms with van der Waals surface area (Å²) < 4.78 is 0. The second-order valence-corrected chi connectivity index (χ2v) is 9.78. The van der Waals surface area contributed by atoms with Gasteiger partial charge < -0.3 is 5.32 Å². The zero-order valence-electron chi connectivity index (χ0n) is 19.7. The van der Waals surface area contributed by atoms with E-state index in [9.17, 15) is 10.1 Å². The molecule has 0 saturated carbocycles. The van der Waals surface area contributed by atoms with Crippen molar-refractivity contribution >= 4 is 35.0 Å². The van der Waals surface area contributed by atoms with Gasteiger partial charge >= 0.3 is 0 Å². The van der Waals surface area contributed by atoms with Crippen LogP contribution in [-0.4, -0.2) is 16.6 Å². The van der Waals surface area contributed by atoms with Crippen molar-refractivity contribution in [2.24, 2.45) is 0 Å². The van der Waals surface area contributed by atoms with E-state index >= 15 is 0 Å². The van der Waals surface area contributed by atoms with Crippen molar-refractivity contribution in [1.82, 2.24) is 4.98 Å². The zero-order valence-corrected chi connectivity index (χ0v) is 21.3. The lowest BCUT2D eigenvalue weighted by Gasteiger charge is -2.13. The first kappa shape index (κ1) is 24.5. The number of nitriles is 1. The number of aromatic nitrogens is 1. The van der Waals surface area contributed by atoms with Crippen LogP contribution in [0.25, 0.3) is 22.4 Å². The summed E-state index contributed by atoms with van der Waals surface area (Å²) in [6.07, 6.45) is 0. The Hall–Kier alpha value is -3.59. The van der Waals surface area contributed by atoms with E-state index in [1.807, 2.05) is 81.4 Å². The molecule has 4 rings (SSSR count). The number of anilines is 1. The summed E-state index contributed by atoms with van der Waals surface area (Å²) >= 11 is 7.35. The van der Waals surface area contributed by atoms with Crippen LogP contribution in [0.3, 0.4) is 0 Å². The van der Waals surface area contributed by atoms with E-state index in [2.05, 4.69) is 11.4 Å². The molecule has 4 nitrogen and oxygen atoms in total. The average Bonchev–Trinajstić information content (AvgIpc) is 2.85. The van der Waals surface area contributed by atoms with Crippen molar-refractivity contribution in [3.8, 4) is 28.5 Å². The van der Waals surface area contributed by atoms with Gasteiger partial charge in [0, 0.05) is 21.8 Å². The monoisotopic (exact) mass is 497 g/mol. The molecule has 3 aromatic carbocycles. The van der Waals surface area contributed by atoms with E-state index in [0.29, 0.717) is 15.6 Å². The molecule has 0 spiro atoms. The van der Waals surface area contributed by atoms with Crippen molar-refractivity contribution in [2.75, 3.05) is 11.1 Å². The van der Waals surface area contributed by atoms with Gasteiger partial charge in [-0.05, 0) is 56.2 Å². The van der Waals surface area contributed by atoms with Crippen LogP contribution in [0.2, 0.25) is 5.02 Å². The second-order valence-electron chi connectivity index (χ2n) is 8.38. The third-order valence-corrected chi connectivity index (χ3v) is 6.82. The Morgan fingerprint density at radius 1 is 0.943 bits per heavy atom. The molecular formula is C29H24ClN3OS. The maximum atomic E-state index is 12.8. The van der Waals surface area contributed by atoms with E-state index in [0.717, 1.165) is 44.8 Å². The number of halogens is 1. The lowest BCUT2D eigenvalue weighted by molar-refractivity contribution is -0.113. The summed E-state index contributed by atoms with van der Waals surface area (Å²) in [6, 6.07) is 25.6. The smallest absolute Gasteiger partial charge is 0.234 e. The van der Waals surface area contributed by atoms with Gasteiger partial charge in [-0.1, -0.05) is 83.0 Å². The van der Waals surface area contributed by atoms with E-state index in [1.165, 1.54) is 11.8 Å². The maximum Gasteiger partial charge on any atom is 0.234 e. The van der Waals surface area contributed by atoms with E-state index in [4.69, 9.17) is 16.6 Å². The highest BCUT2D eigenvalue weighted by Gasteiger charge is 2.17. The SMILES string of the molecule is Cc1ccc(-c2cc(-c3ccc(Cl)cc3)c(C#N)c(SCC(=O)Nc3ccc(C)cc3C)n2)cc1. The Bertz CT molecular complexity index is 1420. The molecule has 0 saturated heterocycles. The molecule has 0 aliphatic carbocycles. The quantitative estimate of drug-likeness (QED) is 0.278. The maximum absolute atomic E-state index is 12.8. The van der Waals surface area contributed by atoms with Gasteiger partial charge in [0.1, 0.15) is 11.1 Å². The van der Waals surface area contributed by atoms with Gasteiger partial charge in [0.25, 0.3) is 0 Å². The number of carbonyl (C=O) groups is 1. The van der Waals surface area contributed by atoms with Crippen LogP contribution in [0.1, 0.15) is 22.3 Å². The number of pyridine rings is 1. The number of nitrogens with one attached hydrogen (secondary N) is 1. The summed E-state index contributed by atoms with van der Waals surface area (Å²) in [6.45, 7) is 6.02. The number of hydrogen-bond acceptors (Lipinski definition) is 4. The Morgan fingerprint density at radius 3 is 2.26 bits per heavy atom. The predicted molar refractivity (Wildman–Crippen MR) is 145 cm³/mol. The predicted octanol–water partition coefficient (Wildman–Crippen LogP) is 7.60. The number of benzene rings is 3. The molecule has 1 heterocycles. The van der Waals surface area contributed by atoms with Crippen LogP contribution in [0.15, 0.2) is 77.8 Å². The summed E-state index contributed by atoms with van der Waals surface area (Å²) in [5.74, 6) is -0.0201. The fraction of sp³-hybridized carbons (Fsp3) is 0.138. The Morgan fingerprint density at radius 2 is 1.60 bits per heavy atom. The van der Waals surface area contributed by atoms with Crippen LogP contribution < -0.4 is 5.32 Å². The number of rotatable bonds is 6. The molecule has 0 fully saturated rings. The summed E-state index contributed by atoms with van der Waals surface area (Å²) in [4.78, 5) is 17.5. The molecule has 0 aliphatic heterocycles. The fourth-order valence-corrected chi connectivity index (χ4v) is 4.67. The fourth-order valence-electron chi connectivity index (χ4n) is 3.74. The highest BCUT2D eigenvalue weighted by molar-refractivity contribution is 8.00. The van der Waals surface area contributed by atoms with Crippen molar-refractivity contribution in [1.29, 1.82) is 5.26 Å². The summed E-state index contributed by atoms with van der Waals surface area (Å²) in [5, 5.41) is 14.2. The van der Waals surface area contributed by atoms with Crippen LogP contribution >= 0.6 is 23.4 Å². The minimum Gasteiger partial charge on any atom is -0.325 e. The molecule has 0 bridgehead atoms. The van der Waals surface area contributed by atoms with Gasteiger partial charge in [0.05, 0.1) is 17.0 Å². The van der Waals surface area contributed by atoms with Gasteiger partial charge in [-0.25, -0.2) is 4.98 Å². The van der Waals surface area contributed by atoms with E-state index < -0.39 is 0 Å².